The van der Waals surface area contributed by atoms with Gasteiger partial charge in [0.1, 0.15) is 4.32 Å². The number of carbonyl (C=O) groups is 2. The number of rotatable bonds is 9. The number of nitrogens with zero attached hydrogens (tertiary/aromatic N) is 1. The molecule has 0 spiro atoms. The van der Waals surface area contributed by atoms with E-state index in [1.807, 2.05) is 32.0 Å². The van der Waals surface area contributed by atoms with E-state index in [-0.39, 0.29) is 12.3 Å². The molecular formula is C18H21NO5S2. The van der Waals surface area contributed by atoms with Gasteiger partial charge in [0.2, 0.25) is 0 Å². The van der Waals surface area contributed by atoms with E-state index in [0.29, 0.717) is 46.9 Å². The first-order chi connectivity index (χ1) is 12.5. The molecule has 0 saturated carbocycles. The third-order valence-electron chi connectivity index (χ3n) is 3.51. The lowest BCUT2D eigenvalue weighted by molar-refractivity contribution is -0.137. The standard InChI is InChI=1S/C18H21NO5S2/c1-3-23-13-8-7-12(10-14(13)24-4-2)11-15-17(22)19(18(25)26-15)9-5-6-16(20)21/h7-8,10-11H,3-6,9H2,1-2H3,(H,20,21). The fraction of sp³-hybridized carbons (Fsp3) is 0.389. The Balaban J connectivity index is 2.16. The highest BCUT2D eigenvalue weighted by atomic mass is 32.2. The van der Waals surface area contributed by atoms with Gasteiger partial charge < -0.3 is 14.6 Å². The van der Waals surface area contributed by atoms with E-state index in [2.05, 4.69) is 0 Å². The number of thioether (sulfide) groups is 1. The number of carboxylic acid groups (broad SMARTS) is 1. The van der Waals surface area contributed by atoms with Crippen LogP contribution < -0.4 is 9.47 Å². The summed E-state index contributed by atoms with van der Waals surface area (Å²) < 4.78 is 11.6. The number of thiocarbonyl (C=S) groups is 1. The Kier molecular flexibility index (Phi) is 7.47. The Bertz CT molecular complexity index is 732. The van der Waals surface area contributed by atoms with Gasteiger partial charge in [-0.15, -0.1) is 0 Å². The maximum atomic E-state index is 12.5. The van der Waals surface area contributed by atoms with Gasteiger partial charge in [-0.2, -0.15) is 0 Å². The van der Waals surface area contributed by atoms with Crippen LogP contribution in [0.4, 0.5) is 0 Å². The quantitative estimate of drug-likeness (QED) is 0.506. The van der Waals surface area contributed by atoms with Crippen molar-refractivity contribution in [3.8, 4) is 11.5 Å². The van der Waals surface area contributed by atoms with Gasteiger partial charge in [0.05, 0.1) is 18.1 Å². The number of carboxylic acids is 1. The van der Waals surface area contributed by atoms with E-state index in [9.17, 15) is 9.59 Å². The molecule has 1 aliphatic rings. The Morgan fingerprint density at radius 1 is 1.27 bits per heavy atom. The fourth-order valence-electron chi connectivity index (χ4n) is 2.39. The second-order valence-electron chi connectivity index (χ2n) is 5.40. The van der Waals surface area contributed by atoms with E-state index in [1.165, 1.54) is 16.7 Å². The van der Waals surface area contributed by atoms with Gasteiger partial charge in [-0.3, -0.25) is 14.5 Å². The molecule has 0 aromatic heterocycles. The predicted octanol–water partition coefficient (Wildman–Crippen LogP) is 3.55. The maximum Gasteiger partial charge on any atom is 0.303 e. The van der Waals surface area contributed by atoms with Crippen LogP contribution in [0.5, 0.6) is 11.5 Å². The van der Waals surface area contributed by atoms with Gasteiger partial charge in [0.25, 0.3) is 5.91 Å². The summed E-state index contributed by atoms with van der Waals surface area (Å²) in [7, 11) is 0. The number of benzene rings is 1. The zero-order valence-corrected chi connectivity index (χ0v) is 16.3. The molecule has 0 radical (unpaired) electrons. The summed E-state index contributed by atoms with van der Waals surface area (Å²) in [5, 5.41) is 8.72. The average molecular weight is 396 g/mol. The van der Waals surface area contributed by atoms with Gasteiger partial charge in [0.15, 0.2) is 11.5 Å². The lowest BCUT2D eigenvalue weighted by Crippen LogP contribution is -2.29. The van der Waals surface area contributed by atoms with E-state index < -0.39 is 5.97 Å². The highest BCUT2D eigenvalue weighted by Crippen LogP contribution is 2.35. The van der Waals surface area contributed by atoms with Gasteiger partial charge in [-0.05, 0) is 44.0 Å². The van der Waals surface area contributed by atoms with Crippen molar-refractivity contribution in [3.63, 3.8) is 0 Å². The molecule has 1 heterocycles. The summed E-state index contributed by atoms with van der Waals surface area (Å²) in [6.07, 6.45) is 2.13. The molecule has 1 saturated heterocycles. The molecule has 0 aliphatic carbocycles. The molecule has 1 N–H and O–H groups in total. The normalized spacial score (nSPS) is 15.6. The van der Waals surface area contributed by atoms with Crippen LogP contribution in [0.3, 0.4) is 0 Å². The molecule has 1 aromatic rings. The highest BCUT2D eigenvalue weighted by molar-refractivity contribution is 8.26. The van der Waals surface area contributed by atoms with Crippen LogP contribution in [0, 0.1) is 0 Å². The van der Waals surface area contributed by atoms with Crippen molar-refractivity contribution in [2.24, 2.45) is 0 Å². The van der Waals surface area contributed by atoms with Gasteiger partial charge >= 0.3 is 5.97 Å². The molecule has 140 valence electrons. The molecule has 1 fully saturated rings. The fourth-order valence-corrected chi connectivity index (χ4v) is 3.70. The van der Waals surface area contributed by atoms with Crippen LogP contribution in [0.25, 0.3) is 6.08 Å². The minimum atomic E-state index is -0.885. The number of aliphatic carboxylic acids is 1. The molecule has 0 bridgehead atoms. The van der Waals surface area contributed by atoms with Crippen LogP contribution in [0.15, 0.2) is 23.1 Å². The van der Waals surface area contributed by atoms with Crippen molar-refractivity contribution in [2.75, 3.05) is 19.8 Å². The first-order valence-corrected chi connectivity index (χ1v) is 9.55. The summed E-state index contributed by atoms with van der Waals surface area (Å²) in [6, 6.07) is 5.49. The highest BCUT2D eigenvalue weighted by Gasteiger charge is 2.31. The molecule has 1 aromatic carbocycles. The van der Waals surface area contributed by atoms with Crippen molar-refractivity contribution in [1.82, 2.24) is 4.90 Å². The zero-order valence-electron chi connectivity index (χ0n) is 14.7. The smallest absolute Gasteiger partial charge is 0.303 e. The van der Waals surface area contributed by atoms with Crippen LogP contribution in [0.1, 0.15) is 32.3 Å². The van der Waals surface area contributed by atoms with Crippen LogP contribution >= 0.6 is 24.0 Å². The summed E-state index contributed by atoms with van der Waals surface area (Å²) in [5.74, 6) is 0.203. The van der Waals surface area contributed by atoms with Crippen LogP contribution in [-0.2, 0) is 9.59 Å². The molecule has 0 atom stereocenters. The molecule has 6 nitrogen and oxygen atoms in total. The minimum Gasteiger partial charge on any atom is -0.490 e. The Morgan fingerprint density at radius 3 is 2.62 bits per heavy atom. The SMILES string of the molecule is CCOc1ccc(C=C2SC(=S)N(CCCC(=O)O)C2=O)cc1OCC. The predicted molar refractivity (Wildman–Crippen MR) is 106 cm³/mol. The monoisotopic (exact) mass is 395 g/mol. The first-order valence-electron chi connectivity index (χ1n) is 8.33. The number of amides is 1. The molecule has 26 heavy (non-hydrogen) atoms. The van der Waals surface area contributed by atoms with Crippen molar-refractivity contribution in [2.45, 2.75) is 26.7 Å². The van der Waals surface area contributed by atoms with Crippen molar-refractivity contribution in [1.29, 1.82) is 0 Å². The molecule has 8 heteroatoms. The van der Waals surface area contributed by atoms with Gasteiger partial charge in [0, 0.05) is 13.0 Å². The Hall–Kier alpha value is -2.06. The van der Waals surface area contributed by atoms with Crippen LogP contribution in [-0.4, -0.2) is 46.0 Å². The summed E-state index contributed by atoms with van der Waals surface area (Å²) >= 11 is 6.47. The molecule has 2 rings (SSSR count). The lowest BCUT2D eigenvalue weighted by atomic mass is 10.2. The molecule has 1 amide bonds. The summed E-state index contributed by atoms with van der Waals surface area (Å²) in [4.78, 5) is 25.1. The van der Waals surface area contributed by atoms with Crippen LogP contribution in [0.2, 0.25) is 0 Å². The Morgan fingerprint density at radius 2 is 1.96 bits per heavy atom. The van der Waals surface area contributed by atoms with Gasteiger partial charge in [-0.25, -0.2) is 0 Å². The number of carbonyl (C=O) groups excluding carboxylic acids is 1. The zero-order chi connectivity index (χ0) is 19.1. The molecule has 1 aliphatic heterocycles. The Labute approximate surface area is 162 Å². The largest absolute Gasteiger partial charge is 0.490 e. The second kappa shape index (κ2) is 9.59. The van der Waals surface area contributed by atoms with Crippen molar-refractivity contribution in [3.05, 3.63) is 28.7 Å². The topological polar surface area (TPSA) is 76.1 Å². The number of hydrogen-bond donors (Lipinski definition) is 1. The average Bonchev–Trinajstić information content (AvgIpc) is 2.84. The van der Waals surface area contributed by atoms with E-state index in [1.54, 1.807) is 6.08 Å². The number of hydrogen-bond acceptors (Lipinski definition) is 6. The molecule has 0 unspecified atom stereocenters. The lowest BCUT2D eigenvalue weighted by Gasteiger charge is -2.13. The number of ether oxygens (including phenoxy) is 2. The van der Waals surface area contributed by atoms with E-state index in [4.69, 9.17) is 26.8 Å². The minimum absolute atomic E-state index is 0.00666. The van der Waals surface area contributed by atoms with E-state index in [0.717, 1.165) is 5.56 Å². The van der Waals surface area contributed by atoms with E-state index >= 15 is 0 Å². The van der Waals surface area contributed by atoms with Crippen molar-refractivity contribution < 1.29 is 24.2 Å². The first kappa shape index (κ1) is 20.3. The maximum absolute atomic E-state index is 12.5. The second-order valence-corrected chi connectivity index (χ2v) is 7.08. The van der Waals surface area contributed by atoms with Gasteiger partial charge in [-0.1, -0.05) is 30.0 Å². The third kappa shape index (κ3) is 5.22. The summed E-state index contributed by atoms with van der Waals surface area (Å²) in [6.45, 7) is 5.15. The summed E-state index contributed by atoms with van der Waals surface area (Å²) in [5.41, 5.74) is 0.808. The van der Waals surface area contributed by atoms with Crippen molar-refractivity contribution >= 4 is 46.3 Å². The molecular weight excluding hydrogens is 374 g/mol. The third-order valence-corrected chi connectivity index (χ3v) is 4.89.